The predicted octanol–water partition coefficient (Wildman–Crippen LogP) is 2.83. The summed E-state index contributed by atoms with van der Waals surface area (Å²) in [6.45, 7) is 4.25. The Morgan fingerprint density at radius 1 is 1.35 bits per heavy atom. The molecule has 0 radical (unpaired) electrons. The first-order valence-electron chi connectivity index (χ1n) is 5.68. The third kappa shape index (κ3) is 4.87. The van der Waals surface area contributed by atoms with E-state index in [4.69, 9.17) is 9.47 Å². The molecular weight excluding hydrogens is 218 g/mol. The van der Waals surface area contributed by atoms with Gasteiger partial charge in [-0.15, -0.1) is 0 Å². The van der Waals surface area contributed by atoms with Crippen molar-refractivity contribution in [1.82, 2.24) is 0 Å². The van der Waals surface area contributed by atoms with Gasteiger partial charge in [-0.05, 0) is 31.9 Å². The van der Waals surface area contributed by atoms with Gasteiger partial charge in [0.05, 0.1) is 12.7 Å². The van der Waals surface area contributed by atoms with Crippen LogP contribution in [0.1, 0.15) is 19.4 Å². The number of carbonyl (C=O) groups is 1. The second kappa shape index (κ2) is 6.91. The molecule has 0 aliphatic carbocycles. The van der Waals surface area contributed by atoms with Crippen molar-refractivity contribution in [2.45, 2.75) is 26.4 Å². The van der Waals surface area contributed by atoms with Gasteiger partial charge in [0.25, 0.3) is 0 Å². The third-order valence-corrected chi connectivity index (χ3v) is 2.17. The lowest BCUT2D eigenvalue weighted by Gasteiger charge is -2.12. The standard InChI is InChI=1S/C13H19NO3/c1-10(2)17-13(15)14-12-7-5-4-6-11(12)8-9-16-3/h4-7,10H,8-9H2,1-3H3,(H,14,15). The lowest BCUT2D eigenvalue weighted by molar-refractivity contribution is 0.130. The van der Waals surface area contributed by atoms with Crippen molar-refractivity contribution in [2.24, 2.45) is 0 Å². The molecule has 0 saturated carbocycles. The lowest BCUT2D eigenvalue weighted by Crippen LogP contribution is -2.19. The van der Waals surface area contributed by atoms with Crippen molar-refractivity contribution in [2.75, 3.05) is 19.0 Å². The van der Waals surface area contributed by atoms with E-state index in [9.17, 15) is 4.79 Å². The summed E-state index contributed by atoms with van der Waals surface area (Å²) in [4.78, 5) is 11.5. The van der Waals surface area contributed by atoms with E-state index in [1.165, 1.54) is 0 Å². The van der Waals surface area contributed by atoms with Crippen LogP contribution >= 0.6 is 0 Å². The predicted molar refractivity (Wildman–Crippen MR) is 67.3 cm³/mol. The van der Waals surface area contributed by atoms with Gasteiger partial charge < -0.3 is 9.47 Å². The maximum atomic E-state index is 11.5. The molecule has 0 heterocycles. The number of nitrogens with one attached hydrogen (secondary N) is 1. The summed E-state index contributed by atoms with van der Waals surface area (Å²) in [6, 6.07) is 7.63. The summed E-state index contributed by atoms with van der Waals surface area (Å²) in [5.74, 6) is 0. The van der Waals surface area contributed by atoms with Crippen molar-refractivity contribution >= 4 is 11.8 Å². The van der Waals surface area contributed by atoms with Crippen LogP contribution in [0.5, 0.6) is 0 Å². The van der Waals surface area contributed by atoms with Gasteiger partial charge in [0.15, 0.2) is 0 Å². The second-order valence-electron chi connectivity index (χ2n) is 3.98. The molecule has 0 bridgehead atoms. The van der Waals surface area contributed by atoms with Crippen LogP contribution in [0.2, 0.25) is 0 Å². The van der Waals surface area contributed by atoms with Crippen LogP contribution in [-0.2, 0) is 15.9 Å². The number of rotatable bonds is 5. The van der Waals surface area contributed by atoms with Crippen LogP contribution in [-0.4, -0.2) is 25.9 Å². The first-order chi connectivity index (χ1) is 8.13. The molecule has 0 spiro atoms. The second-order valence-corrected chi connectivity index (χ2v) is 3.98. The van der Waals surface area contributed by atoms with E-state index in [0.717, 1.165) is 17.7 Å². The number of amides is 1. The van der Waals surface area contributed by atoms with E-state index in [-0.39, 0.29) is 6.10 Å². The minimum absolute atomic E-state index is 0.124. The average molecular weight is 237 g/mol. The first kappa shape index (κ1) is 13.5. The van der Waals surface area contributed by atoms with Crippen LogP contribution < -0.4 is 5.32 Å². The molecule has 4 heteroatoms. The summed E-state index contributed by atoms with van der Waals surface area (Å²) in [7, 11) is 1.66. The first-order valence-corrected chi connectivity index (χ1v) is 5.68. The zero-order valence-electron chi connectivity index (χ0n) is 10.5. The molecule has 1 N–H and O–H groups in total. The Bertz CT molecular complexity index is 363. The molecule has 0 unspecified atom stereocenters. The fraction of sp³-hybridized carbons (Fsp3) is 0.462. The van der Waals surface area contributed by atoms with Gasteiger partial charge in [-0.3, -0.25) is 5.32 Å². The van der Waals surface area contributed by atoms with Crippen LogP contribution in [0.25, 0.3) is 0 Å². The molecular formula is C13H19NO3. The average Bonchev–Trinajstić information content (AvgIpc) is 2.26. The van der Waals surface area contributed by atoms with E-state index in [1.54, 1.807) is 7.11 Å². The molecule has 4 nitrogen and oxygen atoms in total. The zero-order chi connectivity index (χ0) is 12.7. The Morgan fingerprint density at radius 3 is 2.71 bits per heavy atom. The summed E-state index contributed by atoms with van der Waals surface area (Å²) >= 11 is 0. The fourth-order valence-electron chi connectivity index (χ4n) is 1.43. The molecule has 17 heavy (non-hydrogen) atoms. The third-order valence-electron chi connectivity index (χ3n) is 2.17. The number of carbonyl (C=O) groups excluding carboxylic acids is 1. The summed E-state index contributed by atoms with van der Waals surface area (Å²) in [6.07, 6.45) is 0.209. The van der Waals surface area contributed by atoms with E-state index in [1.807, 2.05) is 38.1 Å². The summed E-state index contributed by atoms with van der Waals surface area (Å²) < 4.78 is 10.1. The van der Waals surface area contributed by atoms with E-state index >= 15 is 0 Å². The highest BCUT2D eigenvalue weighted by Gasteiger charge is 2.08. The Morgan fingerprint density at radius 2 is 2.06 bits per heavy atom. The Kier molecular flexibility index (Phi) is 5.49. The Balaban J connectivity index is 2.65. The molecule has 1 aromatic rings. The Labute approximate surface area is 102 Å². The molecule has 0 aliphatic heterocycles. The molecule has 94 valence electrons. The molecule has 0 atom stereocenters. The lowest BCUT2D eigenvalue weighted by atomic mass is 10.1. The van der Waals surface area contributed by atoms with Gasteiger partial charge >= 0.3 is 6.09 Å². The van der Waals surface area contributed by atoms with Gasteiger partial charge in [0, 0.05) is 12.8 Å². The molecule has 0 aliphatic rings. The number of hydrogen-bond donors (Lipinski definition) is 1. The monoisotopic (exact) mass is 237 g/mol. The quantitative estimate of drug-likeness (QED) is 0.856. The molecule has 1 rings (SSSR count). The SMILES string of the molecule is COCCc1ccccc1NC(=O)OC(C)C. The number of anilines is 1. The topological polar surface area (TPSA) is 47.6 Å². The van der Waals surface area contributed by atoms with Crippen molar-refractivity contribution in [3.05, 3.63) is 29.8 Å². The largest absolute Gasteiger partial charge is 0.447 e. The highest BCUT2D eigenvalue weighted by atomic mass is 16.6. The minimum Gasteiger partial charge on any atom is -0.447 e. The van der Waals surface area contributed by atoms with Crippen LogP contribution in [0, 0.1) is 0 Å². The van der Waals surface area contributed by atoms with Crippen molar-refractivity contribution in [3.8, 4) is 0 Å². The molecule has 1 aromatic carbocycles. The summed E-state index contributed by atoms with van der Waals surface area (Å²) in [5.41, 5.74) is 1.81. The van der Waals surface area contributed by atoms with Crippen LogP contribution in [0.4, 0.5) is 10.5 Å². The highest BCUT2D eigenvalue weighted by molar-refractivity contribution is 5.85. The number of methoxy groups -OCH3 is 1. The van der Waals surface area contributed by atoms with Crippen molar-refractivity contribution < 1.29 is 14.3 Å². The van der Waals surface area contributed by atoms with Gasteiger partial charge in [-0.2, -0.15) is 0 Å². The van der Waals surface area contributed by atoms with Gasteiger partial charge in [0.2, 0.25) is 0 Å². The number of ether oxygens (including phenoxy) is 2. The maximum Gasteiger partial charge on any atom is 0.411 e. The van der Waals surface area contributed by atoms with E-state index < -0.39 is 6.09 Å². The van der Waals surface area contributed by atoms with Crippen LogP contribution in [0.3, 0.4) is 0 Å². The number of benzene rings is 1. The number of hydrogen-bond acceptors (Lipinski definition) is 3. The molecule has 0 fully saturated rings. The molecule has 0 saturated heterocycles. The van der Waals surface area contributed by atoms with Crippen LogP contribution in [0.15, 0.2) is 24.3 Å². The maximum absolute atomic E-state index is 11.5. The Hall–Kier alpha value is -1.55. The molecule has 0 aromatic heterocycles. The van der Waals surface area contributed by atoms with Gasteiger partial charge in [0.1, 0.15) is 0 Å². The number of para-hydroxylation sites is 1. The van der Waals surface area contributed by atoms with Gasteiger partial charge in [-0.25, -0.2) is 4.79 Å². The highest BCUT2D eigenvalue weighted by Crippen LogP contribution is 2.16. The normalized spacial score (nSPS) is 10.4. The van der Waals surface area contributed by atoms with Crippen molar-refractivity contribution in [1.29, 1.82) is 0 Å². The summed E-state index contributed by atoms with van der Waals surface area (Å²) in [5, 5.41) is 2.73. The minimum atomic E-state index is -0.426. The van der Waals surface area contributed by atoms with Crippen molar-refractivity contribution in [3.63, 3.8) is 0 Å². The fourth-order valence-corrected chi connectivity index (χ4v) is 1.43. The van der Waals surface area contributed by atoms with E-state index in [0.29, 0.717) is 6.61 Å². The molecule has 1 amide bonds. The smallest absolute Gasteiger partial charge is 0.411 e. The van der Waals surface area contributed by atoms with E-state index in [2.05, 4.69) is 5.32 Å². The van der Waals surface area contributed by atoms with Gasteiger partial charge in [-0.1, -0.05) is 18.2 Å². The zero-order valence-corrected chi connectivity index (χ0v) is 10.5.